The van der Waals surface area contributed by atoms with E-state index >= 15 is 0 Å². The first-order valence-corrected chi connectivity index (χ1v) is 10.1. The normalized spacial score (nSPS) is 11.2. The summed E-state index contributed by atoms with van der Waals surface area (Å²) < 4.78 is 5.06. The third kappa shape index (κ3) is 19.2. The topological polar surface area (TPSA) is 26.3 Å². The van der Waals surface area contributed by atoms with E-state index < -0.39 is 0 Å². The van der Waals surface area contributed by atoms with Crippen molar-refractivity contribution in [3.05, 3.63) is 12.2 Å². The molecular formula is C21H40O2. The van der Waals surface area contributed by atoms with Crippen LogP contribution in [0.15, 0.2) is 12.2 Å². The molecular weight excluding hydrogens is 284 g/mol. The van der Waals surface area contributed by atoms with Crippen molar-refractivity contribution >= 4 is 5.97 Å². The molecule has 2 heteroatoms. The lowest BCUT2D eigenvalue weighted by Crippen LogP contribution is -2.04. The Morgan fingerprint density at radius 1 is 0.696 bits per heavy atom. The minimum atomic E-state index is -0.0216. The fourth-order valence-corrected chi connectivity index (χ4v) is 2.63. The van der Waals surface area contributed by atoms with Gasteiger partial charge in [0.2, 0.25) is 0 Å². The largest absolute Gasteiger partial charge is 0.466 e. The highest BCUT2D eigenvalue weighted by Gasteiger charge is 2.01. The standard InChI is InChI=1S/C21H40O2/c1-3-5-6-7-8-9-10-11-12-13-14-15-16-17-18-19-21(22)23-20-4-2/h10-11H,3-9,12-20H2,1-2H3. The molecule has 23 heavy (non-hydrogen) atoms. The first-order valence-electron chi connectivity index (χ1n) is 10.1. The molecule has 0 aromatic rings. The highest BCUT2D eigenvalue weighted by atomic mass is 16.5. The van der Waals surface area contributed by atoms with Crippen molar-refractivity contribution in [3.8, 4) is 0 Å². The summed E-state index contributed by atoms with van der Waals surface area (Å²) in [5.74, 6) is -0.0216. The average molecular weight is 325 g/mol. The van der Waals surface area contributed by atoms with Crippen LogP contribution in [0.2, 0.25) is 0 Å². The molecule has 0 aromatic heterocycles. The van der Waals surface area contributed by atoms with Crippen LogP contribution >= 0.6 is 0 Å². The summed E-state index contributed by atoms with van der Waals surface area (Å²) in [5, 5.41) is 0. The highest BCUT2D eigenvalue weighted by molar-refractivity contribution is 5.69. The number of unbranched alkanes of at least 4 members (excludes halogenated alkanes) is 11. The maximum absolute atomic E-state index is 11.3. The van der Waals surface area contributed by atoms with Crippen LogP contribution in [0.1, 0.15) is 110 Å². The smallest absolute Gasteiger partial charge is 0.305 e. The van der Waals surface area contributed by atoms with Crippen LogP contribution in [0.25, 0.3) is 0 Å². The van der Waals surface area contributed by atoms with Crippen molar-refractivity contribution in [2.75, 3.05) is 6.61 Å². The van der Waals surface area contributed by atoms with E-state index in [0.29, 0.717) is 13.0 Å². The first kappa shape index (κ1) is 22.2. The molecule has 0 saturated heterocycles. The summed E-state index contributed by atoms with van der Waals surface area (Å²) in [6.07, 6.45) is 23.0. The Hall–Kier alpha value is -0.790. The minimum absolute atomic E-state index is 0.0216. The number of hydrogen-bond donors (Lipinski definition) is 0. The maximum Gasteiger partial charge on any atom is 0.305 e. The molecule has 0 N–H and O–H groups in total. The fourth-order valence-electron chi connectivity index (χ4n) is 2.63. The minimum Gasteiger partial charge on any atom is -0.466 e. The zero-order valence-corrected chi connectivity index (χ0v) is 15.8. The van der Waals surface area contributed by atoms with Crippen LogP contribution in [-0.2, 0) is 9.53 Å². The third-order valence-electron chi connectivity index (χ3n) is 4.11. The van der Waals surface area contributed by atoms with Gasteiger partial charge in [0.05, 0.1) is 6.61 Å². The summed E-state index contributed by atoms with van der Waals surface area (Å²) >= 11 is 0. The first-order chi connectivity index (χ1) is 11.3. The van der Waals surface area contributed by atoms with Crippen molar-refractivity contribution < 1.29 is 9.53 Å². The van der Waals surface area contributed by atoms with Crippen LogP contribution in [0.3, 0.4) is 0 Å². The number of ether oxygens (including phenoxy) is 1. The molecule has 0 saturated carbocycles. The number of carbonyl (C=O) groups is 1. The van der Waals surface area contributed by atoms with E-state index in [9.17, 15) is 4.79 Å². The van der Waals surface area contributed by atoms with Crippen LogP contribution in [-0.4, -0.2) is 12.6 Å². The fraction of sp³-hybridized carbons (Fsp3) is 0.857. The predicted octanol–water partition coefficient (Wildman–Crippen LogP) is 6.98. The van der Waals surface area contributed by atoms with Gasteiger partial charge >= 0.3 is 5.97 Å². The molecule has 0 bridgehead atoms. The molecule has 0 aromatic carbocycles. The Bertz CT molecular complexity index is 271. The molecule has 0 radical (unpaired) electrons. The summed E-state index contributed by atoms with van der Waals surface area (Å²) in [6.45, 7) is 4.86. The quantitative estimate of drug-likeness (QED) is 0.164. The van der Waals surface area contributed by atoms with E-state index in [-0.39, 0.29) is 5.97 Å². The monoisotopic (exact) mass is 324 g/mol. The third-order valence-corrected chi connectivity index (χ3v) is 4.11. The second-order valence-corrected chi connectivity index (χ2v) is 6.55. The van der Waals surface area contributed by atoms with Crippen molar-refractivity contribution in [1.29, 1.82) is 0 Å². The zero-order chi connectivity index (χ0) is 17.0. The van der Waals surface area contributed by atoms with Crippen LogP contribution < -0.4 is 0 Å². The molecule has 136 valence electrons. The van der Waals surface area contributed by atoms with E-state index in [1.54, 1.807) is 0 Å². The Balaban J connectivity index is 3.14. The molecule has 0 aliphatic rings. The highest BCUT2D eigenvalue weighted by Crippen LogP contribution is 2.10. The van der Waals surface area contributed by atoms with E-state index in [1.807, 2.05) is 6.92 Å². The Kier molecular flexibility index (Phi) is 18.6. The molecule has 0 unspecified atom stereocenters. The lowest BCUT2D eigenvalue weighted by Gasteiger charge is -2.03. The van der Waals surface area contributed by atoms with Crippen LogP contribution in [0.5, 0.6) is 0 Å². The van der Waals surface area contributed by atoms with Gasteiger partial charge in [0.1, 0.15) is 0 Å². The van der Waals surface area contributed by atoms with E-state index in [1.165, 1.54) is 70.6 Å². The predicted molar refractivity (Wildman–Crippen MR) is 101 cm³/mol. The average Bonchev–Trinajstić information content (AvgIpc) is 2.56. The molecule has 0 heterocycles. The van der Waals surface area contributed by atoms with Crippen molar-refractivity contribution in [3.63, 3.8) is 0 Å². The van der Waals surface area contributed by atoms with Gasteiger partial charge in [-0.05, 0) is 38.5 Å². The van der Waals surface area contributed by atoms with Crippen LogP contribution in [0, 0.1) is 0 Å². The summed E-state index contributed by atoms with van der Waals surface area (Å²) in [4.78, 5) is 11.3. The van der Waals surface area contributed by atoms with E-state index in [4.69, 9.17) is 4.74 Å². The molecule has 0 fully saturated rings. The molecule has 0 rings (SSSR count). The number of hydrogen-bond acceptors (Lipinski definition) is 2. The Labute approximate surface area is 145 Å². The van der Waals surface area contributed by atoms with Gasteiger partial charge in [-0.1, -0.05) is 77.4 Å². The number of carbonyl (C=O) groups excluding carboxylic acids is 1. The van der Waals surface area contributed by atoms with E-state index in [2.05, 4.69) is 19.1 Å². The molecule has 0 spiro atoms. The Morgan fingerprint density at radius 3 is 1.78 bits per heavy atom. The van der Waals surface area contributed by atoms with Crippen molar-refractivity contribution in [2.45, 2.75) is 110 Å². The Morgan fingerprint density at radius 2 is 1.22 bits per heavy atom. The van der Waals surface area contributed by atoms with Crippen molar-refractivity contribution in [2.24, 2.45) is 0 Å². The summed E-state index contributed by atoms with van der Waals surface area (Å²) in [5.41, 5.74) is 0. The van der Waals surface area contributed by atoms with Gasteiger partial charge in [-0.15, -0.1) is 0 Å². The number of esters is 1. The lowest BCUT2D eigenvalue weighted by molar-refractivity contribution is -0.143. The second-order valence-electron chi connectivity index (χ2n) is 6.55. The summed E-state index contributed by atoms with van der Waals surface area (Å²) in [6, 6.07) is 0. The number of allylic oxidation sites excluding steroid dienone is 2. The molecule has 0 aliphatic heterocycles. The van der Waals surface area contributed by atoms with Gasteiger partial charge in [-0.3, -0.25) is 4.79 Å². The molecule has 0 aliphatic carbocycles. The molecule has 2 nitrogen and oxygen atoms in total. The van der Waals surface area contributed by atoms with Gasteiger partial charge in [0.25, 0.3) is 0 Å². The van der Waals surface area contributed by atoms with Crippen molar-refractivity contribution in [1.82, 2.24) is 0 Å². The molecule has 0 atom stereocenters. The zero-order valence-electron chi connectivity index (χ0n) is 15.8. The van der Waals surface area contributed by atoms with Gasteiger partial charge < -0.3 is 4.74 Å². The second kappa shape index (κ2) is 19.3. The maximum atomic E-state index is 11.3. The summed E-state index contributed by atoms with van der Waals surface area (Å²) in [7, 11) is 0. The SMILES string of the molecule is CCCCCCCC=CCCCCCCCCC(=O)OCCC. The van der Waals surface area contributed by atoms with E-state index in [0.717, 1.165) is 19.3 Å². The van der Waals surface area contributed by atoms with Gasteiger partial charge in [0, 0.05) is 6.42 Å². The van der Waals surface area contributed by atoms with Crippen LogP contribution in [0.4, 0.5) is 0 Å². The molecule has 0 amide bonds. The lowest BCUT2D eigenvalue weighted by atomic mass is 10.1. The van der Waals surface area contributed by atoms with Gasteiger partial charge in [0.15, 0.2) is 0 Å². The van der Waals surface area contributed by atoms with Gasteiger partial charge in [-0.2, -0.15) is 0 Å². The number of rotatable bonds is 17. The van der Waals surface area contributed by atoms with Gasteiger partial charge in [-0.25, -0.2) is 0 Å².